The molecular formula is C7H4Br3Cl. The molecule has 0 aliphatic heterocycles. The molecule has 1 aromatic carbocycles. The second-order valence-electron chi connectivity index (χ2n) is 1.99. The molecule has 0 unspecified atom stereocenters. The predicted octanol–water partition coefficient (Wildman–Crippen LogP) is 4.76. The van der Waals surface area contributed by atoms with E-state index >= 15 is 0 Å². The van der Waals surface area contributed by atoms with E-state index in [2.05, 4.69) is 47.8 Å². The summed E-state index contributed by atoms with van der Waals surface area (Å²) >= 11 is 16.0. The van der Waals surface area contributed by atoms with Gasteiger partial charge < -0.3 is 0 Å². The van der Waals surface area contributed by atoms with Crippen LogP contribution in [0, 0.1) is 0 Å². The number of alkyl halides is 1. The van der Waals surface area contributed by atoms with E-state index in [1.54, 1.807) is 0 Å². The molecule has 11 heavy (non-hydrogen) atoms. The zero-order valence-electron chi connectivity index (χ0n) is 5.37. The minimum absolute atomic E-state index is 0.745. The minimum Gasteiger partial charge on any atom is -0.0876 e. The fourth-order valence-corrected chi connectivity index (χ4v) is 2.77. The zero-order chi connectivity index (χ0) is 8.43. The summed E-state index contributed by atoms with van der Waals surface area (Å²) in [4.78, 5) is 0. The van der Waals surface area contributed by atoms with Gasteiger partial charge in [-0.1, -0.05) is 27.5 Å². The van der Waals surface area contributed by atoms with Crippen LogP contribution in [0.3, 0.4) is 0 Å². The Balaban J connectivity index is 3.24. The molecule has 0 aliphatic rings. The molecule has 0 nitrogen and oxygen atoms in total. The monoisotopic (exact) mass is 360 g/mol. The topological polar surface area (TPSA) is 0 Å². The van der Waals surface area contributed by atoms with Crippen LogP contribution in [0.1, 0.15) is 5.56 Å². The van der Waals surface area contributed by atoms with Gasteiger partial charge in [-0.15, -0.1) is 0 Å². The van der Waals surface area contributed by atoms with Crippen LogP contribution in [0.2, 0.25) is 5.02 Å². The first-order valence-corrected chi connectivity index (χ1v) is 5.93. The molecule has 0 fully saturated rings. The number of benzene rings is 1. The zero-order valence-corrected chi connectivity index (χ0v) is 10.9. The van der Waals surface area contributed by atoms with E-state index in [1.165, 1.54) is 0 Å². The highest BCUT2D eigenvalue weighted by molar-refractivity contribution is 9.13. The van der Waals surface area contributed by atoms with E-state index in [-0.39, 0.29) is 0 Å². The molecule has 0 aromatic heterocycles. The van der Waals surface area contributed by atoms with Crippen LogP contribution in [0.5, 0.6) is 0 Å². The SMILES string of the molecule is Clc1cc(Br)c(Br)c(CBr)c1. The van der Waals surface area contributed by atoms with Gasteiger partial charge in [-0.2, -0.15) is 0 Å². The molecule has 0 radical (unpaired) electrons. The van der Waals surface area contributed by atoms with Gasteiger partial charge in [-0.25, -0.2) is 0 Å². The van der Waals surface area contributed by atoms with Crippen LogP contribution in [-0.4, -0.2) is 0 Å². The molecule has 0 aliphatic carbocycles. The van der Waals surface area contributed by atoms with Gasteiger partial charge in [0, 0.05) is 19.3 Å². The first-order valence-electron chi connectivity index (χ1n) is 2.84. The first-order chi connectivity index (χ1) is 5.15. The highest BCUT2D eigenvalue weighted by Gasteiger charge is 2.03. The molecule has 0 amide bonds. The van der Waals surface area contributed by atoms with Crippen LogP contribution in [0.25, 0.3) is 0 Å². The third-order valence-electron chi connectivity index (χ3n) is 1.21. The van der Waals surface area contributed by atoms with Gasteiger partial charge in [0.25, 0.3) is 0 Å². The Morgan fingerprint density at radius 3 is 2.45 bits per heavy atom. The average Bonchev–Trinajstić information content (AvgIpc) is 1.96. The second kappa shape index (κ2) is 4.26. The lowest BCUT2D eigenvalue weighted by molar-refractivity contribution is 1.38. The maximum absolute atomic E-state index is 5.83. The third kappa shape index (κ3) is 2.44. The van der Waals surface area contributed by atoms with Crippen LogP contribution in [0.15, 0.2) is 21.1 Å². The third-order valence-corrected chi connectivity index (χ3v) is 4.13. The molecule has 0 bridgehead atoms. The lowest BCUT2D eigenvalue weighted by Crippen LogP contribution is -1.81. The fourth-order valence-electron chi connectivity index (χ4n) is 0.707. The predicted molar refractivity (Wildman–Crippen MR) is 59.5 cm³/mol. The van der Waals surface area contributed by atoms with Gasteiger partial charge in [0.05, 0.1) is 0 Å². The van der Waals surface area contributed by atoms with E-state index in [9.17, 15) is 0 Å². The summed E-state index contributed by atoms with van der Waals surface area (Å²) in [5.74, 6) is 0. The number of halogens is 4. The quantitative estimate of drug-likeness (QED) is 0.499. The Labute approximate surface area is 95.7 Å². The molecule has 0 spiro atoms. The molecular weight excluding hydrogens is 359 g/mol. The van der Waals surface area contributed by atoms with Crippen LogP contribution in [0.4, 0.5) is 0 Å². The van der Waals surface area contributed by atoms with Crippen molar-refractivity contribution >= 4 is 59.4 Å². The van der Waals surface area contributed by atoms with Crippen molar-refractivity contribution in [2.45, 2.75) is 5.33 Å². The molecule has 0 N–H and O–H groups in total. The van der Waals surface area contributed by atoms with Crippen LogP contribution < -0.4 is 0 Å². The molecule has 0 atom stereocenters. The summed E-state index contributed by atoms with van der Waals surface area (Å²) in [7, 11) is 0. The molecule has 0 saturated carbocycles. The molecule has 60 valence electrons. The summed E-state index contributed by atoms with van der Waals surface area (Å²) in [6, 6.07) is 3.78. The number of rotatable bonds is 1. The Hall–Kier alpha value is 0.950. The van der Waals surface area contributed by atoms with Gasteiger partial charge >= 0.3 is 0 Å². The molecule has 1 aromatic rings. The first kappa shape index (κ1) is 10.0. The van der Waals surface area contributed by atoms with Crippen molar-refractivity contribution < 1.29 is 0 Å². The smallest absolute Gasteiger partial charge is 0.0421 e. The number of hydrogen-bond acceptors (Lipinski definition) is 0. The normalized spacial score (nSPS) is 10.2. The Morgan fingerprint density at radius 1 is 1.27 bits per heavy atom. The molecule has 0 saturated heterocycles. The van der Waals surface area contributed by atoms with E-state index in [0.717, 1.165) is 24.9 Å². The van der Waals surface area contributed by atoms with Crippen molar-refractivity contribution in [3.05, 3.63) is 31.7 Å². The molecule has 1 rings (SSSR count). The van der Waals surface area contributed by atoms with Gasteiger partial charge in [0.15, 0.2) is 0 Å². The van der Waals surface area contributed by atoms with E-state index in [4.69, 9.17) is 11.6 Å². The minimum atomic E-state index is 0.745. The van der Waals surface area contributed by atoms with Crippen molar-refractivity contribution in [2.75, 3.05) is 0 Å². The summed E-state index contributed by atoms with van der Waals surface area (Å²) in [5.41, 5.74) is 1.14. The van der Waals surface area contributed by atoms with Gasteiger partial charge in [0.2, 0.25) is 0 Å². The summed E-state index contributed by atoms with van der Waals surface area (Å²) in [6.45, 7) is 0. The summed E-state index contributed by atoms with van der Waals surface area (Å²) < 4.78 is 2.04. The maximum atomic E-state index is 5.83. The van der Waals surface area contributed by atoms with E-state index < -0.39 is 0 Å². The van der Waals surface area contributed by atoms with Crippen LogP contribution >= 0.6 is 59.4 Å². The fraction of sp³-hybridized carbons (Fsp3) is 0.143. The highest BCUT2D eigenvalue weighted by Crippen LogP contribution is 2.31. The average molecular weight is 363 g/mol. The van der Waals surface area contributed by atoms with E-state index in [0.29, 0.717) is 0 Å². The second-order valence-corrected chi connectivity index (χ2v) is 4.64. The van der Waals surface area contributed by atoms with E-state index in [1.807, 2.05) is 12.1 Å². The Morgan fingerprint density at radius 2 is 1.91 bits per heavy atom. The lowest BCUT2D eigenvalue weighted by atomic mass is 10.2. The summed E-state index contributed by atoms with van der Waals surface area (Å²) in [5, 5.41) is 1.54. The van der Waals surface area contributed by atoms with Crippen molar-refractivity contribution in [3.63, 3.8) is 0 Å². The highest BCUT2D eigenvalue weighted by atomic mass is 79.9. The maximum Gasteiger partial charge on any atom is 0.0421 e. The standard InChI is InChI=1S/C7H4Br3Cl/c8-3-4-1-5(11)2-6(9)7(4)10/h1-2H,3H2. The largest absolute Gasteiger partial charge is 0.0876 e. The molecule has 4 heteroatoms. The summed E-state index contributed by atoms with van der Waals surface area (Å²) in [6.07, 6.45) is 0. The van der Waals surface area contributed by atoms with Gasteiger partial charge in [-0.05, 0) is 49.6 Å². The lowest BCUT2D eigenvalue weighted by Gasteiger charge is -2.02. The molecule has 0 heterocycles. The Kier molecular flexibility index (Phi) is 3.89. The van der Waals surface area contributed by atoms with Crippen molar-refractivity contribution in [2.24, 2.45) is 0 Å². The number of hydrogen-bond donors (Lipinski definition) is 0. The van der Waals surface area contributed by atoms with Crippen LogP contribution in [-0.2, 0) is 5.33 Å². The van der Waals surface area contributed by atoms with Gasteiger partial charge in [-0.3, -0.25) is 0 Å². The van der Waals surface area contributed by atoms with Crippen molar-refractivity contribution in [1.82, 2.24) is 0 Å². The Bertz CT molecular complexity index is 273. The van der Waals surface area contributed by atoms with Crippen molar-refractivity contribution in [3.8, 4) is 0 Å². The van der Waals surface area contributed by atoms with Gasteiger partial charge in [0.1, 0.15) is 0 Å². The van der Waals surface area contributed by atoms with Crippen molar-refractivity contribution in [1.29, 1.82) is 0 Å².